The molecule has 90 valence electrons. The van der Waals surface area contributed by atoms with Crippen molar-refractivity contribution in [1.29, 1.82) is 0 Å². The summed E-state index contributed by atoms with van der Waals surface area (Å²) in [5, 5.41) is 5.74. The lowest BCUT2D eigenvalue weighted by molar-refractivity contribution is 0.523. The van der Waals surface area contributed by atoms with E-state index in [1.807, 2.05) is 29.9 Å². The number of nitrogens with one attached hydrogen (secondary N) is 1. The van der Waals surface area contributed by atoms with Gasteiger partial charge in [-0.3, -0.25) is 16.0 Å². The molecule has 1 heterocycles. The Morgan fingerprint density at radius 1 is 1.53 bits per heavy atom. The summed E-state index contributed by atoms with van der Waals surface area (Å²) in [6.07, 6.45) is 3.51. The quantitative estimate of drug-likeness (QED) is 0.465. The van der Waals surface area contributed by atoms with Crippen molar-refractivity contribution in [1.82, 2.24) is 15.2 Å². The van der Waals surface area contributed by atoms with Crippen LogP contribution >= 0.6 is 0 Å². The molecule has 0 aliphatic heterocycles. The molecule has 17 heavy (non-hydrogen) atoms. The van der Waals surface area contributed by atoms with Crippen LogP contribution in [0.1, 0.15) is 12.1 Å². The molecule has 0 fully saturated rings. The Morgan fingerprint density at radius 2 is 2.29 bits per heavy atom. The van der Waals surface area contributed by atoms with Gasteiger partial charge >= 0.3 is 0 Å². The summed E-state index contributed by atoms with van der Waals surface area (Å²) in [7, 11) is 1.96. The zero-order valence-corrected chi connectivity index (χ0v) is 10.1. The van der Waals surface area contributed by atoms with Crippen molar-refractivity contribution < 1.29 is 0 Å². The topological polar surface area (TPSA) is 55.9 Å². The summed E-state index contributed by atoms with van der Waals surface area (Å²) in [5.41, 5.74) is 5.03. The molecule has 0 aliphatic carbocycles. The minimum Gasteiger partial charge on any atom is -0.271 e. The lowest BCUT2D eigenvalue weighted by Gasteiger charge is -2.11. The molecule has 1 atom stereocenters. The van der Waals surface area contributed by atoms with E-state index in [0.717, 1.165) is 24.1 Å². The van der Waals surface area contributed by atoms with E-state index < -0.39 is 0 Å². The van der Waals surface area contributed by atoms with Crippen molar-refractivity contribution in [2.24, 2.45) is 12.9 Å². The first-order chi connectivity index (χ1) is 8.26. The summed E-state index contributed by atoms with van der Waals surface area (Å²) in [6.45, 7) is 3.74. The predicted octanol–water partition coefficient (Wildman–Crippen LogP) is 1.52. The predicted molar refractivity (Wildman–Crippen MR) is 70.3 cm³/mol. The molecular weight excluding hydrogens is 212 g/mol. The Kier molecular flexibility index (Phi) is 3.56. The van der Waals surface area contributed by atoms with Crippen LogP contribution < -0.4 is 11.3 Å². The highest BCUT2D eigenvalue weighted by Gasteiger charge is 2.12. The number of nitrogens with two attached hydrogens (primary N) is 1. The number of aryl methyl sites for hydroxylation is 1. The van der Waals surface area contributed by atoms with Gasteiger partial charge in [-0.2, -0.15) is 5.10 Å². The van der Waals surface area contributed by atoms with Gasteiger partial charge in [0.1, 0.15) is 0 Å². The Hall–Kier alpha value is -1.65. The van der Waals surface area contributed by atoms with Crippen LogP contribution in [0.4, 0.5) is 0 Å². The molecule has 2 rings (SSSR count). The van der Waals surface area contributed by atoms with Crippen molar-refractivity contribution in [3.05, 3.63) is 42.6 Å². The van der Waals surface area contributed by atoms with Crippen molar-refractivity contribution in [3.8, 4) is 0 Å². The maximum absolute atomic E-state index is 5.53. The molecule has 4 nitrogen and oxygen atoms in total. The van der Waals surface area contributed by atoms with Gasteiger partial charge in [-0.1, -0.05) is 24.3 Å². The van der Waals surface area contributed by atoms with Gasteiger partial charge in [0.15, 0.2) is 0 Å². The van der Waals surface area contributed by atoms with Crippen molar-refractivity contribution in [3.63, 3.8) is 0 Å². The lowest BCUT2D eigenvalue weighted by atomic mass is 10.1. The number of hydrogen-bond donors (Lipinski definition) is 2. The second-order valence-corrected chi connectivity index (χ2v) is 4.18. The fraction of sp³-hybridized carbons (Fsp3) is 0.308. The normalized spacial score (nSPS) is 12.8. The highest BCUT2D eigenvalue weighted by molar-refractivity contribution is 5.81. The van der Waals surface area contributed by atoms with Crippen LogP contribution in [0.3, 0.4) is 0 Å². The zero-order chi connectivity index (χ0) is 12.3. The third-order valence-corrected chi connectivity index (χ3v) is 2.96. The SMILES string of the molecule is C=CCC(Cc1nn(C)c2ccccc12)NN. The lowest BCUT2D eigenvalue weighted by Crippen LogP contribution is -2.36. The van der Waals surface area contributed by atoms with Crippen LogP contribution in [0.2, 0.25) is 0 Å². The monoisotopic (exact) mass is 230 g/mol. The van der Waals surface area contributed by atoms with Crippen LogP contribution in [-0.2, 0) is 13.5 Å². The first-order valence-electron chi connectivity index (χ1n) is 5.74. The first-order valence-corrected chi connectivity index (χ1v) is 5.74. The Labute approximate surface area is 101 Å². The van der Waals surface area contributed by atoms with Crippen molar-refractivity contribution >= 4 is 10.9 Å². The summed E-state index contributed by atoms with van der Waals surface area (Å²) in [5.74, 6) is 5.53. The van der Waals surface area contributed by atoms with Gasteiger partial charge in [-0.25, -0.2) is 0 Å². The third-order valence-electron chi connectivity index (χ3n) is 2.96. The highest BCUT2D eigenvalue weighted by Crippen LogP contribution is 2.19. The van der Waals surface area contributed by atoms with Crippen LogP contribution in [0.15, 0.2) is 36.9 Å². The summed E-state index contributed by atoms with van der Waals surface area (Å²) < 4.78 is 1.91. The van der Waals surface area contributed by atoms with E-state index in [4.69, 9.17) is 5.84 Å². The third kappa shape index (κ3) is 2.38. The van der Waals surface area contributed by atoms with Gasteiger partial charge in [0.2, 0.25) is 0 Å². The Bertz CT molecular complexity index is 515. The van der Waals surface area contributed by atoms with Crippen molar-refractivity contribution in [2.75, 3.05) is 0 Å². The van der Waals surface area contributed by atoms with E-state index in [1.165, 1.54) is 5.39 Å². The second-order valence-electron chi connectivity index (χ2n) is 4.18. The number of benzene rings is 1. The maximum atomic E-state index is 5.53. The minimum absolute atomic E-state index is 0.186. The van der Waals surface area contributed by atoms with Crippen molar-refractivity contribution in [2.45, 2.75) is 18.9 Å². The largest absolute Gasteiger partial charge is 0.271 e. The molecule has 1 unspecified atom stereocenters. The van der Waals surface area contributed by atoms with Gasteiger partial charge in [0.25, 0.3) is 0 Å². The van der Waals surface area contributed by atoms with Gasteiger partial charge < -0.3 is 0 Å². The van der Waals surface area contributed by atoms with Crippen LogP contribution in [0, 0.1) is 0 Å². The van der Waals surface area contributed by atoms with Crippen LogP contribution in [0.25, 0.3) is 10.9 Å². The number of hydrogen-bond acceptors (Lipinski definition) is 3. The van der Waals surface area contributed by atoms with E-state index in [9.17, 15) is 0 Å². The van der Waals surface area contributed by atoms with Gasteiger partial charge in [0, 0.05) is 24.9 Å². The van der Waals surface area contributed by atoms with Gasteiger partial charge in [-0.05, 0) is 12.5 Å². The highest BCUT2D eigenvalue weighted by atomic mass is 15.3. The van der Waals surface area contributed by atoms with Gasteiger partial charge in [-0.15, -0.1) is 6.58 Å². The number of para-hydroxylation sites is 1. The Balaban J connectivity index is 2.32. The average Bonchev–Trinajstić information content (AvgIpc) is 2.66. The molecule has 0 saturated carbocycles. The van der Waals surface area contributed by atoms with Crippen LogP contribution in [0.5, 0.6) is 0 Å². The number of fused-ring (bicyclic) bond motifs is 1. The first kappa shape index (κ1) is 11.8. The maximum Gasteiger partial charge on any atom is 0.0719 e. The van der Waals surface area contributed by atoms with E-state index in [0.29, 0.717) is 0 Å². The number of aromatic nitrogens is 2. The molecular formula is C13H18N4. The van der Waals surface area contributed by atoms with E-state index in [-0.39, 0.29) is 6.04 Å². The summed E-state index contributed by atoms with van der Waals surface area (Å²) >= 11 is 0. The van der Waals surface area contributed by atoms with E-state index >= 15 is 0 Å². The second kappa shape index (κ2) is 5.12. The molecule has 0 saturated heterocycles. The molecule has 0 bridgehead atoms. The summed E-state index contributed by atoms with van der Waals surface area (Å²) in [6, 6.07) is 8.41. The molecule has 0 radical (unpaired) electrons. The molecule has 3 N–H and O–H groups in total. The standard InChI is InChI=1S/C13H18N4/c1-3-6-10(15-14)9-12-11-7-4-5-8-13(11)17(2)16-12/h3-5,7-8,10,15H,1,6,9,14H2,2H3. The average molecular weight is 230 g/mol. The van der Waals surface area contributed by atoms with Crippen LogP contribution in [-0.4, -0.2) is 15.8 Å². The molecule has 0 aliphatic rings. The zero-order valence-electron chi connectivity index (χ0n) is 10.1. The van der Waals surface area contributed by atoms with E-state index in [2.05, 4.69) is 29.2 Å². The fourth-order valence-corrected chi connectivity index (χ4v) is 2.08. The number of nitrogens with zero attached hydrogens (tertiary/aromatic N) is 2. The molecule has 4 heteroatoms. The minimum atomic E-state index is 0.186. The molecule has 0 spiro atoms. The molecule has 1 aromatic carbocycles. The van der Waals surface area contributed by atoms with Gasteiger partial charge in [0.05, 0.1) is 11.2 Å². The fourth-order valence-electron chi connectivity index (χ4n) is 2.08. The Morgan fingerprint density at radius 3 is 3.00 bits per heavy atom. The summed E-state index contributed by atoms with van der Waals surface area (Å²) in [4.78, 5) is 0. The number of hydrazine groups is 1. The smallest absolute Gasteiger partial charge is 0.0719 e. The molecule has 1 aromatic heterocycles. The molecule has 0 amide bonds. The number of rotatable bonds is 5. The van der Waals surface area contributed by atoms with E-state index in [1.54, 1.807) is 0 Å². The molecule has 2 aromatic rings.